The molecule has 0 aromatic heterocycles. The smallest absolute Gasteiger partial charge is 0.410 e. The molecule has 1 amide bonds. The molecule has 8 heteroatoms. The maximum atomic E-state index is 12.1. The first-order valence-electron chi connectivity index (χ1n) is 8.92. The molecule has 0 aliphatic carbocycles. The predicted molar refractivity (Wildman–Crippen MR) is 121 cm³/mol. The standard InChI is InChI=1S/C19H32N4O3.HI/c1-7-23(18(24)26-19(4,5)6)13-12-21-17(20)22-15-8-10-16(11-9-15)25-14(2)3;/h8-11,14H,7,12-13H2,1-6H3,(H3,20,21,22);1H. The van der Waals surface area contributed by atoms with Gasteiger partial charge in [-0.2, -0.15) is 0 Å². The van der Waals surface area contributed by atoms with Crippen molar-refractivity contribution in [2.45, 2.75) is 53.2 Å². The van der Waals surface area contributed by atoms with Crippen LogP contribution in [0.3, 0.4) is 0 Å². The molecule has 0 radical (unpaired) electrons. The minimum atomic E-state index is -0.514. The molecule has 1 aromatic carbocycles. The van der Waals surface area contributed by atoms with E-state index in [9.17, 15) is 4.79 Å². The number of likely N-dealkylation sites (N-methyl/N-ethyl adjacent to an activating group) is 1. The largest absolute Gasteiger partial charge is 0.491 e. The first-order chi connectivity index (χ1) is 12.1. The van der Waals surface area contributed by atoms with Crippen LogP contribution in [-0.2, 0) is 4.74 Å². The van der Waals surface area contributed by atoms with Crippen LogP contribution < -0.4 is 15.8 Å². The zero-order chi connectivity index (χ0) is 19.7. The van der Waals surface area contributed by atoms with E-state index in [2.05, 4.69) is 10.3 Å². The van der Waals surface area contributed by atoms with E-state index in [4.69, 9.17) is 15.2 Å². The van der Waals surface area contributed by atoms with E-state index in [1.165, 1.54) is 0 Å². The maximum Gasteiger partial charge on any atom is 0.410 e. The molecule has 27 heavy (non-hydrogen) atoms. The molecule has 0 heterocycles. The zero-order valence-electron chi connectivity index (χ0n) is 17.1. The fraction of sp³-hybridized carbons (Fsp3) is 0.579. The summed E-state index contributed by atoms with van der Waals surface area (Å²) in [5.74, 6) is 1.10. The van der Waals surface area contributed by atoms with Crippen LogP contribution in [0.5, 0.6) is 5.75 Å². The van der Waals surface area contributed by atoms with Crippen molar-refractivity contribution < 1.29 is 14.3 Å². The molecule has 0 saturated carbocycles. The molecule has 0 bridgehead atoms. The van der Waals surface area contributed by atoms with E-state index in [1.54, 1.807) is 4.90 Å². The Balaban J connectivity index is 0.00000676. The molecule has 154 valence electrons. The summed E-state index contributed by atoms with van der Waals surface area (Å²) in [4.78, 5) is 17.9. The van der Waals surface area contributed by atoms with Crippen molar-refractivity contribution in [3.8, 4) is 5.75 Å². The van der Waals surface area contributed by atoms with Crippen molar-refractivity contribution in [1.82, 2.24) is 4.90 Å². The second-order valence-electron chi connectivity index (χ2n) is 7.14. The number of hydrogen-bond donors (Lipinski definition) is 2. The van der Waals surface area contributed by atoms with Crippen molar-refractivity contribution in [3.63, 3.8) is 0 Å². The lowest BCUT2D eigenvalue weighted by Crippen LogP contribution is -2.38. The molecule has 0 atom stereocenters. The first-order valence-corrected chi connectivity index (χ1v) is 8.92. The van der Waals surface area contributed by atoms with Gasteiger partial charge in [0.05, 0.1) is 12.6 Å². The summed E-state index contributed by atoms with van der Waals surface area (Å²) in [5, 5.41) is 3.02. The molecule has 0 spiro atoms. The van der Waals surface area contributed by atoms with Gasteiger partial charge in [-0.3, -0.25) is 4.99 Å². The van der Waals surface area contributed by atoms with Gasteiger partial charge in [0.15, 0.2) is 5.96 Å². The van der Waals surface area contributed by atoms with Crippen LogP contribution in [0.4, 0.5) is 10.5 Å². The fourth-order valence-corrected chi connectivity index (χ4v) is 2.07. The summed E-state index contributed by atoms with van der Waals surface area (Å²) >= 11 is 0. The molecule has 1 aromatic rings. The Morgan fingerprint density at radius 1 is 1.26 bits per heavy atom. The topological polar surface area (TPSA) is 89.2 Å². The van der Waals surface area contributed by atoms with Gasteiger partial charge in [-0.15, -0.1) is 24.0 Å². The number of ether oxygens (including phenoxy) is 2. The third kappa shape index (κ3) is 10.9. The summed E-state index contributed by atoms with van der Waals surface area (Å²) in [6.07, 6.45) is -0.214. The van der Waals surface area contributed by atoms with E-state index in [0.717, 1.165) is 11.4 Å². The summed E-state index contributed by atoms with van der Waals surface area (Å²) in [5.41, 5.74) is 6.21. The normalized spacial score (nSPS) is 11.6. The number of aliphatic imine (C=N–C) groups is 1. The predicted octanol–water partition coefficient (Wildman–Crippen LogP) is 4.08. The quantitative estimate of drug-likeness (QED) is 0.340. The second-order valence-corrected chi connectivity index (χ2v) is 7.14. The lowest BCUT2D eigenvalue weighted by molar-refractivity contribution is 0.0266. The number of nitrogens with two attached hydrogens (primary N) is 1. The van der Waals surface area contributed by atoms with Crippen molar-refractivity contribution >= 4 is 41.7 Å². The van der Waals surface area contributed by atoms with Gasteiger partial charge in [-0.05, 0) is 65.8 Å². The lowest BCUT2D eigenvalue weighted by atomic mass is 10.2. The lowest BCUT2D eigenvalue weighted by Gasteiger charge is -2.26. The van der Waals surface area contributed by atoms with E-state index < -0.39 is 5.60 Å². The zero-order valence-corrected chi connectivity index (χ0v) is 19.4. The molecular formula is C19H33IN4O3. The van der Waals surface area contributed by atoms with Gasteiger partial charge in [0.2, 0.25) is 0 Å². The third-order valence-corrected chi connectivity index (χ3v) is 3.18. The van der Waals surface area contributed by atoms with Crippen LogP contribution >= 0.6 is 24.0 Å². The minimum Gasteiger partial charge on any atom is -0.491 e. The average Bonchev–Trinajstić information content (AvgIpc) is 2.51. The van der Waals surface area contributed by atoms with Crippen LogP contribution in [0.15, 0.2) is 29.3 Å². The van der Waals surface area contributed by atoms with E-state index in [1.807, 2.05) is 65.8 Å². The maximum absolute atomic E-state index is 12.1. The fourth-order valence-electron chi connectivity index (χ4n) is 2.07. The third-order valence-electron chi connectivity index (χ3n) is 3.18. The molecule has 0 aliphatic heterocycles. The Bertz CT molecular complexity index is 598. The number of anilines is 1. The highest BCUT2D eigenvalue weighted by Crippen LogP contribution is 2.16. The molecule has 1 rings (SSSR count). The highest BCUT2D eigenvalue weighted by atomic mass is 127. The molecule has 0 fully saturated rings. The monoisotopic (exact) mass is 492 g/mol. The average molecular weight is 492 g/mol. The Kier molecular flexibility index (Phi) is 11.1. The number of nitrogens with zero attached hydrogens (tertiary/aromatic N) is 2. The number of carbonyl (C=O) groups excluding carboxylic acids is 1. The minimum absolute atomic E-state index is 0. The Morgan fingerprint density at radius 3 is 2.33 bits per heavy atom. The molecule has 0 unspecified atom stereocenters. The highest BCUT2D eigenvalue weighted by molar-refractivity contribution is 14.0. The van der Waals surface area contributed by atoms with Gasteiger partial charge >= 0.3 is 6.09 Å². The van der Waals surface area contributed by atoms with Crippen LogP contribution in [0.2, 0.25) is 0 Å². The number of benzene rings is 1. The van der Waals surface area contributed by atoms with Gasteiger partial charge < -0.3 is 25.4 Å². The van der Waals surface area contributed by atoms with Crippen molar-refractivity contribution in [1.29, 1.82) is 0 Å². The summed E-state index contributed by atoms with van der Waals surface area (Å²) in [7, 11) is 0. The van der Waals surface area contributed by atoms with Gasteiger partial charge in [0.25, 0.3) is 0 Å². The van der Waals surface area contributed by atoms with Crippen molar-refractivity contribution in [2.24, 2.45) is 10.7 Å². The SMILES string of the molecule is CCN(CCN=C(N)Nc1ccc(OC(C)C)cc1)C(=O)OC(C)(C)C.I. The summed E-state index contributed by atoms with van der Waals surface area (Å²) < 4.78 is 11.0. The molecule has 7 nitrogen and oxygen atoms in total. The Labute approximate surface area is 179 Å². The van der Waals surface area contributed by atoms with E-state index in [-0.39, 0.29) is 36.2 Å². The Morgan fingerprint density at radius 2 is 1.85 bits per heavy atom. The summed E-state index contributed by atoms with van der Waals surface area (Å²) in [6, 6.07) is 7.49. The van der Waals surface area contributed by atoms with Gasteiger partial charge in [0, 0.05) is 18.8 Å². The number of hydrogen-bond acceptors (Lipinski definition) is 4. The second kappa shape index (κ2) is 11.9. The van der Waals surface area contributed by atoms with E-state index in [0.29, 0.717) is 25.6 Å². The molecular weight excluding hydrogens is 459 g/mol. The number of guanidine groups is 1. The van der Waals surface area contributed by atoms with Crippen LogP contribution in [0.25, 0.3) is 0 Å². The van der Waals surface area contributed by atoms with Crippen LogP contribution in [-0.4, -0.2) is 48.3 Å². The molecule has 0 saturated heterocycles. The van der Waals surface area contributed by atoms with Crippen molar-refractivity contribution in [3.05, 3.63) is 24.3 Å². The number of nitrogens with one attached hydrogen (secondary N) is 1. The molecule has 3 N–H and O–H groups in total. The number of rotatable bonds is 7. The number of halogens is 1. The van der Waals surface area contributed by atoms with Crippen LogP contribution in [0.1, 0.15) is 41.5 Å². The van der Waals surface area contributed by atoms with E-state index >= 15 is 0 Å². The van der Waals surface area contributed by atoms with Crippen LogP contribution in [0, 0.1) is 0 Å². The summed E-state index contributed by atoms with van der Waals surface area (Å²) in [6.45, 7) is 12.8. The van der Waals surface area contributed by atoms with Gasteiger partial charge in [-0.1, -0.05) is 0 Å². The number of carbonyl (C=O) groups is 1. The molecule has 0 aliphatic rings. The van der Waals surface area contributed by atoms with Crippen molar-refractivity contribution in [2.75, 3.05) is 25.0 Å². The number of amides is 1. The van der Waals surface area contributed by atoms with Gasteiger partial charge in [0.1, 0.15) is 11.4 Å². The van der Waals surface area contributed by atoms with Gasteiger partial charge in [-0.25, -0.2) is 4.79 Å². The highest BCUT2D eigenvalue weighted by Gasteiger charge is 2.20. The first kappa shape index (κ1) is 25.3. The Hall–Kier alpha value is -1.71.